The van der Waals surface area contributed by atoms with Crippen LogP contribution >= 0.6 is 0 Å². The fourth-order valence-electron chi connectivity index (χ4n) is 9.54. The molecule has 0 radical (unpaired) electrons. The van der Waals surface area contributed by atoms with E-state index in [4.69, 9.17) is 9.47 Å². The number of H-pyrrole nitrogens is 1. The highest BCUT2D eigenvalue weighted by Gasteiger charge is 2.29. The van der Waals surface area contributed by atoms with Gasteiger partial charge >= 0.3 is 11.9 Å². The Morgan fingerprint density at radius 3 is 1.74 bits per heavy atom. The molecule has 0 spiro atoms. The van der Waals surface area contributed by atoms with E-state index >= 15 is 0 Å². The summed E-state index contributed by atoms with van der Waals surface area (Å²) in [6.07, 6.45) is 31.7. The molecule has 0 aliphatic heterocycles. The number of fused-ring (bicyclic) bond motifs is 1. The lowest BCUT2D eigenvalue weighted by molar-refractivity contribution is -0.150. The average molecular weight is 1080 g/mol. The molecule has 1 aromatic carbocycles. The number of carbonyl (C=O) groups excluding carboxylic acids is 6. The molecule has 0 saturated heterocycles. The summed E-state index contributed by atoms with van der Waals surface area (Å²) >= 11 is 0. The van der Waals surface area contributed by atoms with Crippen LogP contribution in [-0.4, -0.2) is 102 Å². The van der Waals surface area contributed by atoms with Gasteiger partial charge in [0.05, 0.1) is 38.6 Å². The molecule has 0 aliphatic carbocycles. The molecule has 2 aromatic rings. The Balaban J connectivity index is 2.04. The predicted molar refractivity (Wildman–Crippen MR) is 307 cm³/mol. The molecule has 5 atom stereocenters. The number of nitrogens with one attached hydrogen (secondary N) is 6. The van der Waals surface area contributed by atoms with Crippen molar-refractivity contribution in [2.75, 3.05) is 26.3 Å². The van der Waals surface area contributed by atoms with Gasteiger partial charge in [-0.1, -0.05) is 200 Å². The third kappa shape index (κ3) is 33.1. The van der Waals surface area contributed by atoms with E-state index in [0.29, 0.717) is 32.1 Å². The van der Waals surface area contributed by atoms with Gasteiger partial charge in [-0.2, -0.15) is 0 Å². The molecule has 0 saturated carbocycles. The van der Waals surface area contributed by atoms with Crippen LogP contribution < -0.4 is 26.6 Å². The molecular formula is C61H104N6O10. The molecule has 77 heavy (non-hydrogen) atoms. The van der Waals surface area contributed by atoms with Crippen molar-refractivity contribution in [3.8, 4) is 0 Å². The molecule has 0 aliphatic rings. The number of carbonyl (C=O) groups is 7. The number of carboxylic acids is 1. The number of benzene rings is 1. The molecule has 0 fully saturated rings. The Morgan fingerprint density at radius 2 is 1.16 bits per heavy atom. The van der Waals surface area contributed by atoms with Crippen LogP contribution in [0.4, 0.5) is 0 Å². The predicted octanol–water partition coefficient (Wildman–Crippen LogP) is 11.2. The van der Waals surface area contributed by atoms with Gasteiger partial charge in [-0.25, -0.2) is 0 Å². The highest BCUT2D eigenvalue weighted by atomic mass is 16.5. The Morgan fingerprint density at radius 1 is 0.597 bits per heavy atom. The van der Waals surface area contributed by atoms with Gasteiger partial charge in [0.15, 0.2) is 0 Å². The summed E-state index contributed by atoms with van der Waals surface area (Å²) in [6.45, 7) is 9.89. The summed E-state index contributed by atoms with van der Waals surface area (Å²) in [7, 11) is 0. The van der Waals surface area contributed by atoms with Crippen molar-refractivity contribution >= 4 is 52.4 Å². The Hall–Kier alpha value is -4.99. The molecule has 0 bridgehead atoms. The number of rotatable bonds is 49. The number of carboxylic acid groups (broad SMARTS) is 1. The number of aromatic amines is 1. The van der Waals surface area contributed by atoms with Crippen molar-refractivity contribution in [1.29, 1.82) is 0 Å². The number of hydrogen-bond acceptors (Lipinski definition) is 9. The molecule has 1 heterocycles. The van der Waals surface area contributed by atoms with E-state index in [-0.39, 0.29) is 56.0 Å². The number of hydrogen-bond donors (Lipinski definition) is 7. The van der Waals surface area contributed by atoms with Gasteiger partial charge in [-0.15, -0.1) is 0 Å². The van der Waals surface area contributed by atoms with Gasteiger partial charge in [-0.3, -0.25) is 33.6 Å². The topological polar surface area (TPSA) is 234 Å². The number of aliphatic carboxylic acids is 1. The summed E-state index contributed by atoms with van der Waals surface area (Å²) in [5.41, 5.74) is 1.66. The molecule has 7 N–H and O–H groups in total. The fourth-order valence-corrected chi connectivity index (χ4v) is 9.54. The molecule has 16 heteroatoms. The highest BCUT2D eigenvalue weighted by Crippen LogP contribution is 2.20. The molecule has 1 aromatic heterocycles. The second kappa shape index (κ2) is 43.9. The normalized spacial score (nSPS) is 13.3. The maximum atomic E-state index is 13.6. The summed E-state index contributed by atoms with van der Waals surface area (Å²) in [6, 6.07) is 4.43. The third-order valence-electron chi connectivity index (χ3n) is 14.5. The molecule has 2 rings (SSSR count). The Kier molecular flexibility index (Phi) is 38.9. The highest BCUT2D eigenvalue weighted by molar-refractivity contribution is 5.95. The van der Waals surface area contributed by atoms with Crippen molar-refractivity contribution in [2.45, 2.75) is 264 Å². The summed E-state index contributed by atoms with van der Waals surface area (Å²) in [4.78, 5) is 94.9. The molecule has 16 nitrogen and oxygen atoms in total. The zero-order valence-corrected chi connectivity index (χ0v) is 48.4. The first-order valence-electron chi connectivity index (χ1n) is 30.3. The van der Waals surface area contributed by atoms with E-state index < -0.39 is 54.8 Å². The SMILES string of the molecule is CCCCCCCCCCCCCC(=O)N[C@@H](CNC(=O)[C@H](CC(=O)O)NC(=O)CNC(=O)[C@@H](NC(=O)Cc1c[nH]c2ccccc12)[C@@H](C)CC)COCC[C@@H](CCCCCCC)OC(=O)CCCCCCCCCCC. The number of amides is 5. The largest absolute Gasteiger partial charge is 0.481 e. The second-order valence-corrected chi connectivity index (χ2v) is 21.5. The number of ether oxygens (including phenoxy) is 2. The molecule has 438 valence electrons. The Bertz CT molecular complexity index is 1940. The molecular weight excluding hydrogens is 977 g/mol. The zero-order valence-electron chi connectivity index (χ0n) is 48.4. The maximum Gasteiger partial charge on any atom is 0.306 e. The first-order valence-corrected chi connectivity index (χ1v) is 30.3. The van der Waals surface area contributed by atoms with E-state index in [1.54, 1.807) is 6.20 Å². The van der Waals surface area contributed by atoms with Crippen LogP contribution in [0.2, 0.25) is 0 Å². The number of para-hydroxylation sites is 1. The van der Waals surface area contributed by atoms with Crippen molar-refractivity contribution in [3.63, 3.8) is 0 Å². The summed E-state index contributed by atoms with van der Waals surface area (Å²) in [5, 5.41) is 24.2. The third-order valence-corrected chi connectivity index (χ3v) is 14.5. The quantitative estimate of drug-likeness (QED) is 0.0245. The number of unbranched alkanes of at least 4 members (excludes halogenated alkanes) is 22. The van der Waals surface area contributed by atoms with Crippen LogP contribution in [0, 0.1) is 5.92 Å². The average Bonchev–Trinajstić information content (AvgIpc) is 3.82. The molecule has 5 amide bonds. The van der Waals surface area contributed by atoms with Gasteiger partial charge in [0.2, 0.25) is 29.5 Å². The van der Waals surface area contributed by atoms with Crippen LogP contribution in [0.25, 0.3) is 10.9 Å². The van der Waals surface area contributed by atoms with Gasteiger partial charge in [0.25, 0.3) is 0 Å². The van der Waals surface area contributed by atoms with Crippen molar-refractivity contribution in [3.05, 3.63) is 36.0 Å². The van der Waals surface area contributed by atoms with E-state index in [1.165, 1.54) is 83.5 Å². The van der Waals surface area contributed by atoms with E-state index in [1.807, 2.05) is 38.1 Å². The lowest BCUT2D eigenvalue weighted by Crippen LogP contribution is -2.55. The van der Waals surface area contributed by atoms with Crippen molar-refractivity contribution in [2.24, 2.45) is 5.92 Å². The lowest BCUT2D eigenvalue weighted by Gasteiger charge is -2.24. The second-order valence-electron chi connectivity index (χ2n) is 21.5. The smallest absolute Gasteiger partial charge is 0.306 e. The maximum absolute atomic E-state index is 13.6. The van der Waals surface area contributed by atoms with Gasteiger partial charge in [0, 0.05) is 42.9 Å². The minimum absolute atomic E-state index is 0.0253. The van der Waals surface area contributed by atoms with Gasteiger partial charge in [-0.05, 0) is 43.2 Å². The van der Waals surface area contributed by atoms with Crippen LogP contribution in [0.3, 0.4) is 0 Å². The minimum Gasteiger partial charge on any atom is -0.481 e. The summed E-state index contributed by atoms with van der Waals surface area (Å²) in [5.74, 6) is -4.58. The Labute approximate surface area is 463 Å². The minimum atomic E-state index is -1.50. The van der Waals surface area contributed by atoms with Crippen LogP contribution in [-0.2, 0) is 49.5 Å². The van der Waals surface area contributed by atoms with Gasteiger partial charge < -0.3 is 46.1 Å². The van der Waals surface area contributed by atoms with E-state index in [0.717, 1.165) is 93.5 Å². The fraction of sp³-hybridized carbons (Fsp3) is 0.754. The van der Waals surface area contributed by atoms with Crippen molar-refractivity contribution in [1.82, 2.24) is 31.6 Å². The molecule has 0 unspecified atom stereocenters. The van der Waals surface area contributed by atoms with Crippen molar-refractivity contribution < 1.29 is 48.1 Å². The van der Waals surface area contributed by atoms with E-state index in [2.05, 4.69) is 52.3 Å². The van der Waals surface area contributed by atoms with Gasteiger partial charge in [0.1, 0.15) is 18.2 Å². The first-order chi connectivity index (χ1) is 37.3. The summed E-state index contributed by atoms with van der Waals surface area (Å²) < 4.78 is 12.1. The van der Waals surface area contributed by atoms with Crippen LogP contribution in [0.1, 0.15) is 239 Å². The van der Waals surface area contributed by atoms with E-state index in [9.17, 15) is 38.7 Å². The van der Waals surface area contributed by atoms with Crippen LogP contribution in [0.5, 0.6) is 0 Å². The lowest BCUT2D eigenvalue weighted by atomic mass is 9.97. The van der Waals surface area contributed by atoms with Crippen LogP contribution in [0.15, 0.2) is 30.5 Å². The zero-order chi connectivity index (χ0) is 56.3. The number of aromatic nitrogens is 1. The monoisotopic (exact) mass is 1080 g/mol. The standard InChI is InChI=1S/C61H104N6O10/c1-6-10-13-16-18-20-21-23-24-27-30-37-54(68)65-49(46-76-40-39-50(34-29-26-15-12-8-3)77-58(73)38-31-28-25-22-19-17-14-11-7-2)44-63-60(74)53(42-57(71)72)66-56(70)45-64-61(75)59(47(5)9-4)67-55(69)41-48-43-62-52-36-33-32-35-51(48)52/h32-33,35-36,43,47,49-50,53,59,62H,6-31,34,37-42,44-46H2,1-5H3,(H,63,74)(H,64,75)(H,65,68)(H,66,70)(H,67,69)(H,71,72)/t47-,49-,50+,53-,59-/m0/s1. The number of esters is 1. The first kappa shape index (κ1) is 68.1.